The Morgan fingerprint density at radius 3 is 2.25 bits per heavy atom. The van der Waals surface area contributed by atoms with Crippen molar-refractivity contribution >= 4 is 19.5 Å². The third kappa shape index (κ3) is 12.8. The SMILES string of the molecule is C=C(C)C(=O)OCCNc1ccccc1.O=P(O)(O)O. The molecule has 0 aliphatic rings. The molecule has 0 saturated carbocycles. The van der Waals surface area contributed by atoms with E-state index in [0.29, 0.717) is 18.7 Å². The van der Waals surface area contributed by atoms with E-state index in [-0.39, 0.29) is 5.97 Å². The van der Waals surface area contributed by atoms with Gasteiger partial charge in [0.2, 0.25) is 0 Å². The minimum atomic E-state index is -4.64. The van der Waals surface area contributed by atoms with Gasteiger partial charge < -0.3 is 24.7 Å². The van der Waals surface area contributed by atoms with Gasteiger partial charge in [0.25, 0.3) is 0 Å². The van der Waals surface area contributed by atoms with E-state index in [1.54, 1.807) is 6.92 Å². The van der Waals surface area contributed by atoms with Gasteiger partial charge in [-0.25, -0.2) is 9.36 Å². The topological polar surface area (TPSA) is 116 Å². The largest absolute Gasteiger partial charge is 0.466 e. The van der Waals surface area contributed by atoms with Gasteiger partial charge in [-0.2, -0.15) is 0 Å². The fourth-order valence-electron chi connectivity index (χ4n) is 1.02. The molecule has 112 valence electrons. The number of nitrogens with one attached hydrogen (secondary N) is 1. The third-order valence-corrected chi connectivity index (χ3v) is 1.79. The summed E-state index contributed by atoms with van der Waals surface area (Å²) in [7, 11) is -4.64. The first-order chi connectivity index (χ1) is 9.20. The normalized spacial score (nSPS) is 10.0. The number of phosphoric acid groups is 1. The van der Waals surface area contributed by atoms with Crippen molar-refractivity contribution in [1.29, 1.82) is 0 Å². The molecule has 0 saturated heterocycles. The van der Waals surface area contributed by atoms with Crippen molar-refractivity contribution in [3.63, 3.8) is 0 Å². The second-order valence-corrected chi connectivity index (χ2v) is 4.75. The molecule has 8 heteroatoms. The minimum Gasteiger partial charge on any atom is -0.460 e. The van der Waals surface area contributed by atoms with Crippen LogP contribution in [0.4, 0.5) is 5.69 Å². The van der Waals surface area contributed by atoms with Crippen molar-refractivity contribution in [2.24, 2.45) is 0 Å². The molecule has 0 unspecified atom stereocenters. The summed E-state index contributed by atoms with van der Waals surface area (Å²) in [4.78, 5) is 32.6. The lowest BCUT2D eigenvalue weighted by Gasteiger charge is -2.06. The van der Waals surface area contributed by atoms with Crippen LogP contribution in [0.3, 0.4) is 0 Å². The Morgan fingerprint density at radius 2 is 1.80 bits per heavy atom. The van der Waals surface area contributed by atoms with Gasteiger partial charge in [0.1, 0.15) is 6.61 Å². The Morgan fingerprint density at radius 1 is 1.30 bits per heavy atom. The second kappa shape index (κ2) is 9.28. The first kappa shape index (κ1) is 18.3. The zero-order valence-corrected chi connectivity index (χ0v) is 11.9. The first-order valence-corrected chi connectivity index (χ1v) is 7.16. The molecule has 7 nitrogen and oxygen atoms in total. The maximum absolute atomic E-state index is 11.0. The maximum Gasteiger partial charge on any atom is 0.466 e. The molecule has 1 aromatic carbocycles. The van der Waals surface area contributed by atoms with Crippen LogP contribution in [0.5, 0.6) is 0 Å². The smallest absolute Gasteiger partial charge is 0.460 e. The molecule has 1 aromatic rings. The molecule has 0 aliphatic carbocycles. The van der Waals surface area contributed by atoms with Gasteiger partial charge in [-0.15, -0.1) is 0 Å². The van der Waals surface area contributed by atoms with Gasteiger partial charge in [-0.05, 0) is 19.1 Å². The van der Waals surface area contributed by atoms with Crippen molar-refractivity contribution in [3.05, 3.63) is 42.5 Å². The van der Waals surface area contributed by atoms with Gasteiger partial charge >= 0.3 is 13.8 Å². The molecular weight excluding hydrogens is 285 g/mol. The van der Waals surface area contributed by atoms with E-state index in [1.165, 1.54) is 0 Å². The Bertz CT molecular complexity index is 462. The maximum atomic E-state index is 11.0. The van der Waals surface area contributed by atoms with Gasteiger partial charge in [-0.3, -0.25) is 0 Å². The molecule has 0 bridgehead atoms. The van der Waals surface area contributed by atoms with E-state index < -0.39 is 7.82 Å². The highest BCUT2D eigenvalue weighted by Crippen LogP contribution is 2.25. The number of anilines is 1. The number of benzene rings is 1. The van der Waals surface area contributed by atoms with Crippen molar-refractivity contribution in [3.8, 4) is 0 Å². The van der Waals surface area contributed by atoms with Crippen LogP contribution in [0, 0.1) is 0 Å². The molecule has 20 heavy (non-hydrogen) atoms. The monoisotopic (exact) mass is 303 g/mol. The lowest BCUT2D eigenvalue weighted by Crippen LogP contribution is -2.13. The summed E-state index contributed by atoms with van der Waals surface area (Å²) in [5.74, 6) is -0.343. The first-order valence-electron chi connectivity index (χ1n) is 5.60. The fourth-order valence-corrected chi connectivity index (χ4v) is 1.02. The van der Waals surface area contributed by atoms with E-state index in [2.05, 4.69) is 11.9 Å². The highest BCUT2D eigenvalue weighted by Gasteiger charge is 2.01. The Labute approximate surface area is 117 Å². The molecule has 0 aromatic heterocycles. The summed E-state index contributed by atoms with van der Waals surface area (Å²) in [6.07, 6.45) is 0. The molecule has 1 rings (SSSR count). The van der Waals surface area contributed by atoms with Crippen LogP contribution >= 0.6 is 7.82 Å². The van der Waals surface area contributed by atoms with Gasteiger partial charge in [0, 0.05) is 17.8 Å². The standard InChI is InChI=1S/C12H15NO2.H3O4P/c1-10(2)12(14)15-9-8-13-11-6-4-3-5-7-11;1-5(2,3)4/h3-7,13H,1,8-9H2,2H3;(H3,1,2,3,4). The van der Waals surface area contributed by atoms with E-state index >= 15 is 0 Å². The van der Waals surface area contributed by atoms with Crippen molar-refractivity contribution in [2.75, 3.05) is 18.5 Å². The zero-order valence-electron chi connectivity index (χ0n) is 11.0. The molecule has 0 radical (unpaired) electrons. The highest BCUT2D eigenvalue weighted by atomic mass is 31.2. The summed E-state index contributed by atoms with van der Waals surface area (Å²) in [5, 5.41) is 3.13. The second-order valence-electron chi connectivity index (χ2n) is 3.72. The number of carbonyl (C=O) groups excluding carboxylic acids is 1. The number of rotatable bonds is 5. The summed E-state index contributed by atoms with van der Waals surface area (Å²) in [6, 6.07) is 9.76. The number of hydrogen-bond donors (Lipinski definition) is 4. The van der Waals surface area contributed by atoms with Crippen molar-refractivity contribution < 1.29 is 28.8 Å². The van der Waals surface area contributed by atoms with Crippen molar-refractivity contribution in [1.82, 2.24) is 0 Å². The molecule has 0 amide bonds. The summed E-state index contributed by atoms with van der Waals surface area (Å²) >= 11 is 0. The fraction of sp³-hybridized carbons (Fsp3) is 0.250. The van der Waals surface area contributed by atoms with Gasteiger partial charge in [-0.1, -0.05) is 24.8 Å². The third-order valence-electron chi connectivity index (χ3n) is 1.79. The summed E-state index contributed by atoms with van der Waals surface area (Å²) in [6.45, 7) is 6.08. The van der Waals surface area contributed by atoms with E-state index in [4.69, 9.17) is 24.0 Å². The molecule has 0 aliphatic heterocycles. The minimum absolute atomic E-state index is 0.343. The summed E-state index contributed by atoms with van der Waals surface area (Å²) in [5.41, 5.74) is 1.44. The van der Waals surface area contributed by atoms with Crippen LogP contribution < -0.4 is 5.32 Å². The van der Waals surface area contributed by atoms with Crippen molar-refractivity contribution in [2.45, 2.75) is 6.92 Å². The van der Waals surface area contributed by atoms with E-state index in [0.717, 1.165) is 5.69 Å². The Hall–Kier alpha value is -1.66. The number of ether oxygens (including phenoxy) is 1. The van der Waals surface area contributed by atoms with E-state index in [1.807, 2.05) is 30.3 Å². The van der Waals surface area contributed by atoms with Crippen LogP contribution in [-0.2, 0) is 14.1 Å². The van der Waals surface area contributed by atoms with Gasteiger partial charge in [0.05, 0.1) is 0 Å². The highest BCUT2D eigenvalue weighted by molar-refractivity contribution is 7.45. The lowest BCUT2D eigenvalue weighted by molar-refractivity contribution is -0.138. The molecule has 0 spiro atoms. The molecule has 4 N–H and O–H groups in total. The number of carbonyl (C=O) groups is 1. The lowest BCUT2D eigenvalue weighted by atomic mass is 10.3. The van der Waals surface area contributed by atoms with Crippen LogP contribution in [0.25, 0.3) is 0 Å². The number of para-hydroxylation sites is 1. The predicted molar refractivity (Wildman–Crippen MR) is 75.0 cm³/mol. The average molecular weight is 303 g/mol. The zero-order chi connectivity index (χ0) is 15.6. The van der Waals surface area contributed by atoms with Crippen LogP contribution in [-0.4, -0.2) is 33.8 Å². The van der Waals surface area contributed by atoms with Crippen LogP contribution in [0.1, 0.15) is 6.92 Å². The predicted octanol–water partition coefficient (Wildman–Crippen LogP) is 1.29. The number of esters is 1. The molecule has 0 atom stereocenters. The van der Waals surface area contributed by atoms with Crippen LogP contribution in [0.15, 0.2) is 42.5 Å². The molecule has 0 heterocycles. The van der Waals surface area contributed by atoms with E-state index in [9.17, 15) is 4.79 Å². The Balaban J connectivity index is 0.000000621. The molecular formula is C12H18NO6P. The molecule has 0 fully saturated rings. The average Bonchev–Trinajstić information content (AvgIpc) is 2.33. The summed E-state index contributed by atoms with van der Waals surface area (Å²) < 4.78 is 13.8. The quantitative estimate of drug-likeness (QED) is 0.280. The van der Waals surface area contributed by atoms with Gasteiger partial charge in [0.15, 0.2) is 0 Å². The number of hydrogen-bond acceptors (Lipinski definition) is 4. The Kier molecular flexibility index (Phi) is 8.51. The van der Waals surface area contributed by atoms with Crippen LogP contribution in [0.2, 0.25) is 0 Å².